The summed E-state index contributed by atoms with van der Waals surface area (Å²) in [5.74, 6) is 0. The van der Waals surface area contributed by atoms with Crippen LogP contribution in [0.3, 0.4) is 0 Å². The number of benzene rings is 1. The maximum atomic E-state index is 4.47. The highest BCUT2D eigenvalue weighted by atomic mass is 32.1. The van der Waals surface area contributed by atoms with Crippen molar-refractivity contribution >= 4 is 22.4 Å². The minimum Gasteiger partial charge on any atom is -0.329 e. The first-order chi connectivity index (χ1) is 9.78. The molecule has 2 aromatic heterocycles. The Morgan fingerprint density at radius 3 is 2.85 bits per heavy atom. The summed E-state index contributed by atoms with van der Waals surface area (Å²) < 4.78 is 2.23. The smallest absolute Gasteiger partial charge is 0.0958 e. The summed E-state index contributed by atoms with van der Waals surface area (Å²) in [5.41, 5.74) is 2.26. The molecule has 1 unspecified atom stereocenters. The fourth-order valence-corrected chi connectivity index (χ4v) is 3.44. The number of para-hydroxylation sites is 2. The number of aromatic nitrogens is 2. The van der Waals surface area contributed by atoms with E-state index in [1.165, 1.54) is 15.3 Å². The van der Waals surface area contributed by atoms with Gasteiger partial charge in [0, 0.05) is 16.3 Å². The quantitative estimate of drug-likeness (QED) is 0.773. The van der Waals surface area contributed by atoms with Crippen LogP contribution in [0, 0.1) is 6.92 Å². The third-order valence-corrected chi connectivity index (χ3v) is 4.58. The van der Waals surface area contributed by atoms with Crippen molar-refractivity contribution in [1.29, 1.82) is 0 Å². The standard InChI is InChI=1S/C16H19N3S/c1-3-17-14(16-9-8-12(2)20-16)10-19-11-18-13-6-4-5-7-15(13)19/h4-9,11,14,17H,3,10H2,1-2H3. The van der Waals surface area contributed by atoms with E-state index < -0.39 is 0 Å². The van der Waals surface area contributed by atoms with Crippen LogP contribution in [0.25, 0.3) is 11.0 Å². The molecule has 0 saturated carbocycles. The lowest BCUT2D eigenvalue weighted by molar-refractivity contribution is 0.488. The van der Waals surface area contributed by atoms with Crippen LogP contribution in [0.2, 0.25) is 0 Å². The Kier molecular flexibility index (Phi) is 3.85. The Morgan fingerprint density at radius 1 is 1.25 bits per heavy atom. The average molecular weight is 285 g/mol. The van der Waals surface area contributed by atoms with Crippen LogP contribution in [0.15, 0.2) is 42.7 Å². The summed E-state index contributed by atoms with van der Waals surface area (Å²) in [5, 5.41) is 3.58. The van der Waals surface area contributed by atoms with E-state index in [-0.39, 0.29) is 0 Å². The van der Waals surface area contributed by atoms with Crippen LogP contribution in [0.1, 0.15) is 22.7 Å². The molecule has 2 heterocycles. The molecule has 4 heteroatoms. The number of hydrogen-bond acceptors (Lipinski definition) is 3. The van der Waals surface area contributed by atoms with Crippen molar-refractivity contribution in [1.82, 2.24) is 14.9 Å². The van der Waals surface area contributed by atoms with E-state index in [9.17, 15) is 0 Å². The van der Waals surface area contributed by atoms with Gasteiger partial charge in [0.2, 0.25) is 0 Å². The first-order valence-electron chi connectivity index (χ1n) is 6.97. The van der Waals surface area contributed by atoms with Crippen molar-refractivity contribution in [3.8, 4) is 0 Å². The highest BCUT2D eigenvalue weighted by Gasteiger charge is 2.14. The van der Waals surface area contributed by atoms with Crippen LogP contribution in [-0.4, -0.2) is 16.1 Å². The summed E-state index contributed by atoms with van der Waals surface area (Å²) in [7, 11) is 0. The molecule has 1 N–H and O–H groups in total. The predicted molar refractivity (Wildman–Crippen MR) is 85.2 cm³/mol. The van der Waals surface area contributed by atoms with Gasteiger partial charge in [0.1, 0.15) is 0 Å². The Morgan fingerprint density at radius 2 is 2.10 bits per heavy atom. The van der Waals surface area contributed by atoms with Gasteiger partial charge in [-0.25, -0.2) is 4.98 Å². The van der Waals surface area contributed by atoms with Crippen molar-refractivity contribution in [3.05, 3.63) is 52.5 Å². The molecule has 0 radical (unpaired) electrons. The van der Waals surface area contributed by atoms with Gasteiger partial charge in [-0.1, -0.05) is 19.1 Å². The summed E-state index contributed by atoms with van der Waals surface area (Å²) >= 11 is 1.87. The molecule has 0 aliphatic heterocycles. The zero-order valence-corrected chi connectivity index (χ0v) is 12.7. The number of nitrogens with zero attached hydrogens (tertiary/aromatic N) is 2. The molecule has 3 nitrogen and oxygen atoms in total. The Balaban J connectivity index is 1.90. The molecule has 104 valence electrons. The second-order valence-corrected chi connectivity index (χ2v) is 6.26. The van der Waals surface area contributed by atoms with Gasteiger partial charge in [0.05, 0.1) is 23.4 Å². The minimum atomic E-state index is 0.344. The number of fused-ring (bicyclic) bond motifs is 1. The fraction of sp³-hybridized carbons (Fsp3) is 0.312. The molecule has 0 aliphatic rings. The van der Waals surface area contributed by atoms with Gasteiger partial charge < -0.3 is 9.88 Å². The van der Waals surface area contributed by atoms with Gasteiger partial charge >= 0.3 is 0 Å². The van der Waals surface area contributed by atoms with Crippen LogP contribution in [0.4, 0.5) is 0 Å². The molecule has 0 saturated heterocycles. The van der Waals surface area contributed by atoms with Gasteiger partial charge in [-0.05, 0) is 37.7 Å². The molecule has 0 bridgehead atoms. The van der Waals surface area contributed by atoms with E-state index in [1.807, 2.05) is 23.7 Å². The van der Waals surface area contributed by atoms with Crippen molar-refractivity contribution in [2.45, 2.75) is 26.4 Å². The van der Waals surface area contributed by atoms with Gasteiger partial charge in [0.25, 0.3) is 0 Å². The van der Waals surface area contributed by atoms with E-state index in [0.717, 1.165) is 18.6 Å². The Labute approximate surface area is 123 Å². The number of hydrogen-bond donors (Lipinski definition) is 1. The second-order valence-electron chi connectivity index (χ2n) is 4.94. The third-order valence-electron chi connectivity index (χ3n) is 3.46. The van der Waals surface area contributed by atoms with Crippen LogP contribution in [0.5, 0.6) is 0 Å². The number of imidazole rings is 1. The molecular weight excluding hydrogens is 266 g/mol. The van der Waals surface area contributed by atoms with E-state index >= 15 is 0 Å². The maximum Gasteiger partial charge on any atom is 0.0958 e. The molecule has 0 fully saturated rings. The van der Waals surface area contributed by atoms with E-state index in [0.29, 0.717) is 6.04 Å². The lowest BCUT2D eigenvalue weighted by Gasteiger charge is -2.17. The number of thiophene rings is 1. The molecule has 3 rings (SSSR count). The largest absolute Gasteiger partial charge is 0.329 e. The Bertz CT molecular complexity index is 698. The van der Waals surface area contributed by atoms with Crippen LogP contribution >= 0.6 is 11.3 Å². The number of likely N-dealkylation sites (N-methyl/N-ethyl adjacent to an activating group) is 1. The average Bonchev–Trinajstić information content (AvgIpc) is 3.05. The molecule has 3 aromatic rings. The lowest BCUT2D eigenvalue weighted by Crippen LogP contribution is -2.24. The van der Waals surface area contributed by atoms with Gasteiger partial charge in [-0.3, -0.25) is 0 Å². The molecule has 20 heavy (non-hydrogen) atoms. The Hall–Kier alpha value is -1.65. The number of aryl methyl sites for hydroxylation is 1. The first-order valence-corrected chi connectivity index (χ1v) is 7.79. The van der Waals surface area contributed by atoms with Crippen LogP contribution in [-0.2, 0) is 6.54 Å². The molecule has 1 atom stereocenters. The van der Waals surface area contributed by atoms with Crippen molar-refractivity contribution in [3.63, 3.8) is 0 Å². The highest BCUT2D eigenvalue weighted by molar-refractivity contribution is 7.12. The minimum absolute atomic E-state index is 0.344. The van der Waals surface area contributed by atoms with E-state index in [1.54, 1.807) is 0 Å². The van der Waals surface area contributed by atoms with Crippen molar-refractivity contribution < 1.29 is 0 Å². The fourth-order valence-electron chi connectivity index (χ4n) is 2.49. The highest BCUT2D eigenvalue weighted by Crippen LogP contribution is 2.25. The summed E-state index contributed by atoms with van der Waals surface area (Å²) in [6.07, 6.45) is 1.94. The number of rotatable bonds is 5. The lowest BCUT2D eigenvalue weighted by atomic mass is 10.2. The van der Waals surface area contributed by atoms with Crippen molar-refractivity contribution in [2.75, 3.05) is 6.54 Å². The second kappa shape index (κ2) is 5.77. The van der Waals surface area contributed by atoms with E-state index in [2.05, 4.69) is 59.0 Å². The molecule has 1 aromatic carbocycles. The molecule has 0 spiro atoms. The normalized spacial score (nSPS) is 12.9. The maximum absolute atomic E-state index is 4.47. The summed E-state index contributed by atoms with van der Waals surface area (Å²) in [6, 6.07) is 13.1. The van der Waals surface area contributed by atoms with Gasteiger partial charge in [0.15, 0.2) is 0 Å². The summed E-state index contributed by atoms with van der Waals surface area (Å²) in [4.78, 5) is 7.22. The molecule has 0 aliphatic carbocycles. The third kappa shape index (κ3) is 2.62. The van der Waals surface area contributed by atoms with Gasteiger partial charge in [-0.2, -0.15) is 0 Å². The van der Waals surface area contributed by atoms with Gasteiger partial charge in [-0.15, -0.1) is 11.3 Å². The topological polar surface area (TPSA) is 29.9 Å². The summed E-state index contributed by atoms with van der Waals surface area (Å²) in [6.45, 7) is 6.19. The van der Waals surface area contributed by atoms with E-state index in [4.69, 9.17) is 0 Å². The zero-order chi connectivity index (χ0) is 13.9. The SMILES string of the molecule is CCNC(Cn1cnc2ccccc21)c1ccc(C)s1. The first kappa shape index (κ1) is 13.3. The monoisotopic (exact) mass is 285 g/mol. The zero-order valence-electron chi connectivity index (χ0n) is 11.8. The van der Waals surface area contributed by atoms with Crippen LogP contribution < -0.4 is 5.32 Å². The molecular formula is C16H19N3S. The number of nitrogens with one attached hydrogen (secondary N) is 1. The molecule has 0 amide bonds. The van der Waals surface area contributed by atoms with Crippen molar-refractivity contribution in [2.24, 2.45) is 0 Å². The predicted octanol–water partition coefficient (Wildman–Crippen LogP) is 3.76.